The average molecular weight is 446 g/mol. The maximum Gasteiger partial charge on any atom is 0.410 e. The highest BCUT2D eigenvalue weighted by Gasteiger charge is 2.50. The van der Waals surface area contributed by atoms with Crippen molar-refractivity contribution in [2.75, 3.05) is 33.9 Å². The first kappa shape index (κ1) is 23.4. The van der Waals surface area contributed by atoms with Crippen molar-refractivity contribution in [3.05, 3.63) is 0 Å². The monoisotopic (exact) mass is 446 g/mol. The molecular formula is C20H35N2O7P. The van der Waals surface area contributed by atoms with Crippen LogP contribution in [0.5, 0.6) is 0 Å². The second-order valence-corrected chi connectivity index (χ2v) is 12.1. The molecule has 0 bridgehead atoms. The van der Waals surface area contributed by atoms with E-state index in [1.807, 2.05) is 25.7 Å². The summed E-state index contributed by atoms with van der Waals surface area (Å²) in [4.78, 5) is 28.4. The van der Waals surface area contributed by atoms with Crippen molar-refractivity contribution in [2.45, 2.75) is 82.2 Å². The van der Waals surface area contributed by atoms with Crippen LogP contribution in [0.15, 0.2) is 0 Å². The summed E-state index contributed by atoms with van der Waals surface area (Å²) in [6, 6.07) is 0.0687. The van der Waals surface area contributed by atoms with Crippen molar-refractivity contribution >= 4 is 19.8 Å². The molecule has 1 saturated carbocycles. The molecule has 3 rings (SSSR count). The largest absolute Gasteiger partial charge is 0.444 e. The molecule has 0 unspecified atom stereocenters. The Labute approximate surface area is 178 Å². The number of nitrogens with zero attached hydrogens (tertiary/aromatic N) is 2. The molecule has 1 aliphatic carbocycles. The lowest BCUT2D eigenvalue weighted by molar-refractivity contribution is -0.0171. The standard InChI is InChI=1S/C20H35N2O7P/c1-19(2,3)28-17(23)21-12-10-20(11-13-21)14-22(18(24)29-20)15-6-8-16(9-7-15)30(25,26-4)27-5/h15-16H,6-14H2,1-5H3/t15-,16-. The minimum absolute atomic E-state index is 0.0687. The van der Waals surface area contributed by atoms with Crippen molar-refractivity contribution in [3.63, 3.8) is 0 Å². The van der Waals surface area contributed by atoms with Gasteiger partial charge in [-0.3, -0.25) is 4.57 Å². The maximum absolute atomic E-state index is 12.6. The first-order valence-electron chi connectivity index (χ1n) is 10.7. The smallest absolute Gasteiger partial charge is 0.410 e. The fourth-order valence-electron chi connectivity index (χ4n) is 4.67. The fraction of sp³-hybridized carbons (Fsp3) is 0.900. The second kappa shape index (κ2) is 8.67. The van der Waals surface area contributed by atoms with Gasteiger partial charge < -0.3 is 28.3 Å². The molecule has 0 N–H and O–H groups in total. The van der Waals surface area contributed by atoms with E-state index in [9.17, 15) is 14.2 Å². The van der Waals surface area contributed by atoms with Gasteiger partial charge in [-0.25, -0.2) is 9.59 Å². The van der Waals surface area contributed by atoms with E-state index in [0.717, 1.165) is 12.8 Å². The van der Waals surface area contributed by atoms with Crippen LogP contribution in [0, 0.1) is 0 Å². The Morgan fingerprint density at radius 3 is 2.17 bits per heavy atom. The summed E-state index contributed by atoms with van der Waals surface area (Å²) in [6.45, 7) is 7.09. The zero-order valence-electron chi connectivity index (χ0n) is 18.7. The Balaban J connectivity index is 1.54. The highest BCUT2D eigenvalue weighted by atomic mass is 31.2. The fourth-order valence-corrected chi connectivity index (χ4v) is 6.35. The van der Waals surface area contributed by atoms with Crippen LogP contribution in [0.3, 0.4) is 0 Å². The SMILES string of the molecule is COP(=O)(OC)[C@H]1CC[C@H](N2CC3(CCN(C(=O)OC(C)(C)C)CC3)OC2=O)CC1. The first-order chi connectivity index (χ1) is 14.0. The van der Waals surface area contributed by atoms with Crippen LogP contribution < -0.4 is 0 Å². The van der Waals surface area contributed by atoms with Gasteiger partial charge >= 0.3 is 19.8 Å². The Hall–Kier alpha value is -1.31. The summed E-state index contributed by atoms with van der Waals surface area (Å²) >= 11 is 0. The van der Waals surface area contributed by atoms with Gasteiger partial charge in [0.1, 0.15) is 11.2 Å². The summed E-state index contributed by atoms with van der Waals surface area (Å²) in [5.74, 6) is 0. The molecule has 3 aliphatic rings. The molecule has 0 aromatic heterocycles. The number of amides is 2. The van der Waals surface area contributed by atoms with Crippen LogP contribution in [0.4, 0.5) is 9.59 Å². The number of hydrogen-bond donors (Lipinski definition) is 0. The van der Waals surface area contributed by atoms with E-state index in [1.54, 1.807) is 4.90 Å². The first-order valence-corrected chi connectivity index (χ1v) is 12.3. The van der Waals surface area contributed by atoms with Gasteiger partial charge in [0.05, 0.1) is 12.2 Å². The highest BCUT2D eigenvalue weighted by molar-refractivity contribution is 7.54. The van der Waals surface area contributed by atoms with Crippen LogP contribution in [0.25, 0.3) is 0 Å². The average Bonchev–Trinajstić information content (AvgIpc) is 3.02. The number of piperidine rings is 1. The molecule has 172 valence electrons. The molecule has 1 spiro atoms. The predicted octanol–water partition coefficient (Wildman–Crippen LogP) is 4.01. The molecular weight excluding hydrogens is 411 g/mol. The van der Waals surface area contributed by atoms with Gasteiger partial charge in [-0.05, 0) is 46.5 Å². The Morgan fingerprint density at radius 1 is 1.10 bits per heavy atom. The molecule has 30 heavy (non-hydrogen) atoms. The lowest BCUT2D eigenvalue weighted by Gasteiger charge is -2.39. The summed E-state index contributed by atoms with van der Waals surface area (Å²) in [7, 11) is -0.242. The molecule has 0 radical (unpaired) electrons. The van der Waals surface area contributed by atoms with Crippen molar-refractivity contribution < 1.29 is 32.7 Å². The third-order valence-corrected chi connectivity index (χ3v) is 8.82. The van der Waals surface area contributed by atoms with Crippen molar-refractivity contribution in [1.82, 2.24) is 9.80 Å². The van der Waals surface area contributed by atoms with Crippen LogP contribution in [-0.2, 0) is 23.1 Å². The van der Waals surface area contributed by atoms with E-state index in [2.05, 4.69) is 0 Å². The van der Waals surface area contributed by atoms with Crippen LogP contribution in [-0.4, -0.2) is 78.7 Å². The van der Waals surface area contributed by atoms with Crippen molar-refractivity contribution in [2.24, 2.45) is 0 Å². The van der Waals surface area contributed by atoms with E-state index in [0.29, 0.717) is 45.3 Å². The van der Waals surface area contributed by atoms with Gasteiger partial charge in [0, 0.05) is 46.2 Å². The highest BCUT2D eigenvalue weighted by Crippen LogP contribution is 2.56. The van der Waals surface area contributed by atoms with E-state index < -0.39 is 18.8 Å². The van der Waals surface area contributed by atoms with Crippen molar-refractivity contribution in [3.8, 4) is 0 Å². The van der Waals surface area contributed by atoms with E-state index in [4.69, 9.17) is 18.5 Å². The molecule has 10 heteroatoms. The Kier molecular flexibility index (Phi) is 6.75. The van der Waals surface area contributed by atoms with Crippen molar-refractivity contribution in [1.29, 1.82) is 0 Å². The molecule has 3 fully saturated rings. The Morgan fingerprint density at radius 2 is 1.67 bits per heavy atom. The van der Waals surface area contributed by atoms with Crippen LogP contribution in [0.1, 0.15) is 59.3 Å². The number of likely N-dealkylation sites (tertiary alicyclic amines) is 1. The molecule has 2 heterocycles. The predicted molar refractivity (Wildman–Crippen MR) is 111 cm³/mol. The second-order valence-electron chi connectivity index (χ2n) is 9.51. The van der Waals surface area contributed by atoms with Gasteiger partial charge in [0.2, 0.25) is 0 Å². The van der Waals surface area contributed by atoms with Gasteiger partial charge in [0.15, 0.2) is 0 Å². The van der Waals surface area contributed by atoms with Gasteiger partial charge in [-0.15, -0.1) is 0 Å². The quantitative estimate of drug-likeness (QED) is 0.602. The molecule has 2 amide bonds. The summed E-state index contributed by atoms with van der Waals surface area (Å²) in [5.41, 5.74) is -1.20. The van der Waals surface area contributed by atoms with Gasteiger partial charge in [-0.1, -0.05) is 0 Å². The third kappa shape index (κ3) is 4.94. The van der Waals surface area contributed by atoms with E-state index >= 15 is 0 Å². The van der Waals surface area contributed by atoms with Crippen LogP contribution >= 0.6 is 7.60 Å². The molecule has 2 saturated heterocycles. The number of hydrogen-bond acceptors (Lipinski definition) is 7. The summed E-state index contributed by atoms with van der Waals surface area (Å²) in [5, 5.41) is 0. The minimum Gasteiger partial charge on any atom is -0.444 e. The topological polar surface area (TPSA) is 94.6 Å². The lowest BCUT2D eigenvalue weighted by atomic mass is 9.89. The van der Waals surface area contributed by atoms with Gasteiger partial charge in [0.25, 0.3) is 0 Å². The number of rotatable bonds is 4. The number of carbonyl (C=O) groups is 2. The lowest BCUT2D eigenvalue weighted by Crippen LogP contribution is -2.50. The summed E-state index contributed by atoms with van der Waals surface area (Å²) < 4.78 is 34.2. The number of carbonyl (C=O) groups excluding carboxylic acids is 2. The normalized spacial score (nSPS) is 27.3. The van der Waals surface area contributed by atoms with E-state index in [1.165, 1.54) is 14.2 Å². The molecule has 0 atom stereocenters. The minimum atomic E-state index is -3.08. The number of ether oxygens (including phenoxy) is 2. The molecule has 9 nitrogen and oxygen atoms in total. The molecule has 0 aromatic rings. The Bertz CT molecular complexity index is 684. The molecule has 2 aliphatic heterocycles. The van der Waals surface area contributed by atoms with Crippen LogP contribution in [0.2, 0.25) is 0 Å². The third-order valence-electron chi connectivity index (χ3n) is 6.39. The van der Waals surface area contributed by atoms with Gasteiger partial charge in [-0.2, -0.15) is 0 Å². The summed E-state index contributed by atoms with van der Waals surface area (Å²) in [6.07, 6.45) is 3.47. The zero-order valence-corrected chi connectivity index (χ0v) is 19.6. The zero-order chi connectivity index (χ0) is 22.2. The molecule has 0 aromatic carbocycles. The maximum atomic E-state index is 12.6. The van der Waals surface area contributed by atoms with E-state index in [-0.39, 0.29) is 23.9 Å².